The average Bonchev–Trinajstić information content (AvgIpc) is 2.15. The standard InChI is InChI=1S/C13H25NO2/c1-13(2,3)7-8-16-12(15)10-5-4-6-11(14)9-10/h10-11H,4-9,14H2,1-3H3. The molecule has 1 saturated carbocycles. The number of hydrogen-bond acceptors (Lipinski definition) is 3. The van der Waals surface area contributed by atoms with Gasteiger partial charge in [0, 0.05) is 6.04 Å². The summed E-state index contributed by atoms with van der Waals surface area (Å²) in [5.41, 5.74) is 6.08. The van der Waals surface area contributed by atoms with Gasteiger partial charge in [-0.2, -0.15) is 0 Å². The molecule has 3 heteroatoms. The number of ether oxygens (including phenoxy) is 1. The fourth-order valence-electron chi connectivity index (χ4n) is 2.02. The molecule has 0 amide bonds. The van der Waals surface area contributed by atoms with Gasteiger partial charge in [-0.05, 0) is 31.1 Å². The van der Waals surface area contributed by atoms with Gasteiger partial charge in [0.15, 0.2) is 0 Å². The Morgan fingerprint density at radius 3 is 2.62 bits per heavy atom. The zero-order chi connectivity index (χ0) is 12.2. The van der Waals surface area contributed by atoms with E-state index < -0.39 is 0 Å². The van der Waals surface area contributed by atoms with Crippen molar-refractivity contribution in [2.75, 3.05) is 6.61 Å². The summed E-state index contributed by atoms with van der Waals surface area (Å²) in [5.74, 6) is 0.00289. The van der Waals surface area contributed by atoms with Gasteiger partial charge in [-0.1, -0.05) is 27.2 Å². The predicted molar refractivity (Wildman–Crippen MR) is 65.0 cm³/mol. The maximum atomic E-state index is 11.8. The van der Waals surface area contributed by atoms with Crippen LogP contribution in [0, 0.1) is 11.3 Å². The zero-order valence-corrected chi connectivity index (χ0v) is 10.8. The first-order valence-electron chi connectivity index (χ1n) is 6.31. The molecule has 0 saturated heterocycles. The first kappa shape index (κ1) is 13.5. The van der Waals surface area contributed by atoms with E-state index in [9.17, 15) is 4.79 Å². The second-order valence-corrected chi connectivity index (χ2v) is 6.10. The predicted octanol–water partition coefficient (Wildman–Crippen LogP) is 2.48. The molecule has 3 nitrogen and oxygen atoms in total. The lowest BCUT2D eigenvalue weighted by atomic mass is 9.86. The van der Waals surface area contributed by atoms with Crippen molar-refractivity contribution in [1.29, 1.82) is 0 Å². The molecule has 2 unspecified atom stereocenters. The molecule has 0 heterocycles. The molecule has 2 N–H and O–H groups in total. The van der Waals surface area contributed by atoms with Crippen LogP contribution in [-0.4, -0.2) is 18.6 Å². The molecule has 16 heavy (non-hydrogen) atoms. The maximum Gasteiger partial charge on any atom is 0.308 e. The minimum absolute atomic E-state index is 0.0422. The summed E-state index contributed by atoms with van der Waals surface area (Å²) >= 11 is 0. The van der Waals surface area contributed by atoms with Crippen LogP contribution in [0.25, 0.3) is 0 Å². The quantitative estimate of drug-likeness (QED) is 0.754. The molecular weight excluding hydrogens is 202 g/mol. The summed E-state index contributed by atoms with van der Waals surface area (Å²) < 4.78 is 5.31. The van der Waals surface area contributed by atoms with Crippen molar-refractivity contribution in [2.24, 2.45) is 17.1 Å². The third kappa shape index (κ3) is 4.97. The van der Waals surface area contributed by atoms with E-state index in [1.54, 1.807) is 0 Å². The molecule has 0 aromatic rings. The van der Waals surface area contributed by atoms with Crippen LogP contribution in [-0.2, 0) is 9.53 Å². The molecule has 0 bridgehead atoms. The van der Waals surface area contributed by atoms with Crippen LogP contribution in [0.5, 0.6) is 0 Å². The molecule has 0 aromatic carbocycles. The molecule has 1 fully saturated rings. The summed E-state index contributed by atoms with van der Waals surface area (Å²) in [6, 6.07) is 0.189. The van der Waals surface area contributed by atoms with Gasteiger partial charge in [0.2, 0.25) is 0 Å². The van der Waals surface area contributed by atoms with Gasteiger partial charge < -0.3 is 10.5 Å². The van der Waals surface area contributed by atoms with E-state index in [0.29, 0.717) is 6.61 Å². The Morgan fingerprint density at radius 1 is 1.38 bits per heavy atom. The number of hydrogen-bond donors (Lipinski definition) is 1. The first-order chi connectivity index (χ1) is 7.38. The van der Waals surface area contributed by atoms with E-state index >= 15 is 0 Å². The molecule has 0 radical (unpaired) electrons. The third-order valence-corrected chi connectivity index (χ3v) is 3.14. The molecule has 94 valence electrons. The highest BCUT2D eigenvalue weighted by Gasteiger charge is 2.26. The minimum atomic E-state index is -0.0422. The van der Waals surface area contributed by atoms with Gasteiger partial charge >= 0.3 is 5.97 Å². The first-order valence-corrected chi connectivity index (χ1v) is 6.31. The highest BCUT2D eigenvalue weighted by molar-refractivity contribution is 5.72. The van der Waals surface area contributed by atoms with Gasteiger partial charge in [-0.3, -0.25) is 4.79 Å². The summed E-state index contributed by atoms with van der Waals surface area (Å²) in [6.45, 7) is 6.99. The largest absolute Gasteiger partial charge is 0.465 e. The summed E-state index contributed by atoms with van der Waals surface area (Å²) in [4.78, 5) is 11.8. The molecule has 0 aromatic heterocycles. The summed E-state index contributed by atoms with van der Waals surface area (Å²) in [5, 5.41) is 0. The fourth-order valence-corrected chi connectivity index (χ4v) is 2.02. The topological polar surface area (TPSA) is 52.3 Å². The van der Waals surface area contributed by atoms with E-state index in [2.05, 4.69) is 20.8 Å². The normalized spacial score (nSPS) is 26.5. The Labute approximate surface area is 98.7 Å². The summed E-state index contributed by atoms with van der Waals surface area (Å²) in [6.07, 6.45) is 4.76. The monoisotopic (exact) mass is 227 g/mol. The molecule has 0 spiro atoms. The molecule has 1 aliphatic carbocycles. The van der Waals surface area contributed by atoms with Crippen LogP contribution in [0.3, 0.4) is 0 Å². The number of carbonyl (C=O) groups is 1. The Bertz CT molecular complexity index is 233. The lowest BCUT2D eigenvalue weighted by Crippen LogP contribution is -2.32. The van der Waals surface area contributed by atoms with Crippen molar-refractivity contribution in [3.05, 3.63) is 0 Å². The highest BCUT2D eigenvalue weighted by atomic mass is 16.5. The second kappa shape index (κ2) is 5.67. The number of rotatable bonds is 3. The van der Waals surface area contributed by atoms with Crippen LogP contribution in [0.4, 0.5) is 0 Å². The third-order valence-electron chi connectivity index (χ3n) is 3.14. The van der Waals surface area contributed by atoms with E-state index in [1.165, 1.54) is 0 Å². The van der Waals surface area contributed by atoms with Crippen molar-refractivity contribution in [3.63, 3.8) is 0 Å². The highest BCUT2D eigenvalue weighted by Crippen LogP contribution is 2.25. The van der Waals surface area contributed by atoms with E-state index in [0.717, 1.165) is 32.1 Å². The molecule has 0 aliphatic heterocycles. The second-order valence-electron chi connectivity index (χ2n) is 6.10. The van der Waals surface area contributed by atoms with Crippen LogP contribution in [0.2, 0.25) is 0 Å². The fraction of sp³-hybridized carbons (Fsp3) is 0.923. The number of carbonyl (C=O) groups excluding carboxylic acids is 1. The van der Waals surface area contributed by atoms with E-state index in [4.69, 9.17) is 10.5 Å². The van der Waals surface area contributed by atoms with Gasteiger partial charge in [-0.25, -0.2) is 0 Å². The Morgan fingerprint density at radius 2 is 2.06 bits per heavy atom. The molecule has 1 rings (SSSR count). The lowest BCUT2D eigenvalue weighted by Gasteiger charge is -2.25. The lowest BCUT2D eigenvalue weighted by molar-refractivity contribution is -0.150. The van der Waals surface area contributed by atoms with E-state index in [-0.39, 0.29) is 23.3 Å². The number of nitrogens with two attached hydrogens (primary N) is 1. The van der Waals surface area contributed by atoms with Gasteiger partial charge in [0.25, 0.3) is 0 Å². The Kier molecular flexibility index (Phi) is 4.78. The van der Waals surface area contributed by atoms with Crippen LogP contribution >= 0.6 is 0 Å². The van der Waals surface area contributed by atoms with Crippen LogP contribution in [0.1, 0.15) is 52.9 Å². The van der Waals surface area contributed by atoms with Crippen molar-refractivity contribution >= 4 is 5.97 Å². The van der Waals surface area contributed by atoms with Crippen molar-refractivity contribution in [2.45, 2.75) is 58.9 Å². The maximum absolute atomic E-state index is 11.8. The van der Waals surface area contributed by atoms with Crippen molar-refractivity contribution < 1.29 is 9.53 Å². The van der Waals surface area contributed by atoms with E-state index in [1.807, 2.05) is 0 Å². The molecule has 1 aliphatic rings. The Balaban J connectivity index is 2.24. The van der Waals surface area contributed by atoms with Crippen LogP contribution in [0.15, 0.2) is 0 Å². The minimum Gasteiger partial charge on any atom is -0.465 e. The van der Waals surface area contributed by atoms with Gasteiger partial charge in [0.05, 0.1) is 12.5 Å². The smallest absolute Gasteiger partial charge is 0.308 e. The van der Waals surface area contributed by atoms with Crippen molar-refractivity contribution in [3.8, 4) is 0 Å². The number of esters is 1. The molecular formula is C13H25NO2. The van der Waals surface area contributed by atoms with Gasteiger partial charge in [0.1, 0.15) is 0 Å². The zero-order valence-electron chi connectivity index (χ0n) is 10.8. The SMILES string of the molecule is CC(C)(C)CCOC(=O)C1CCCC(N)C1. The molecule has 2 atom stereocenters. The van der Waals surface area contributed by atoms with Crippen molar-refractivity contribution in [1.82, 2.24) is 0 Å². The average molecular weight is 227 g/mol. The van der Waals surface area contributed by atoms with Gasteiger partial charge in [-0.15, -0.1) is 0 Å². The van der Waals surface area contributed by atoms with Crippen LogP contribution < -0.4 is 5.73 Å². The summed E-state index contributed by atoms with van der Waals surface area (Å²) in [7, 11) is 0. The Hall–Kier alpha value is -0.570.